The highest BCUT2D eigenvalue weighted by Gasteiger charge is 2.34. The van der Waals surface area contributed by atoms with Crippen LogP contribution in [0.5, 0.6) is 11.5 Å². The van der Waals surface area contributed by atoms with E-state index in [1.165, 1.54) is 30.2 Å². The highest BCUT2D eigenvalue weighted by atomic mass is 79.9. The minimum atomic E-state index is -0.999. The number of nitrogens with zero attached hydrogens (tertiary/aromatic N) is 1. The minimum Gasteiger partial charge on any atom is -0.493 e. The third kappa shape index (κ3) is 5.45. The van der Waals surface area contributed by atoms with E-state index in [9.17, 15) is 14.4 Å². The summed E-state index contributed by atoms with van der Waals surface area (Å²) in [7, 11) is 1.48. The molecule has 2 N–H and O–H groups in total. The van der Waals surface area contributed by atoms with E-state index >= 15 is 0 Å². The molecule has 0 atom stereocenters. The summed E-state index contributed by atoms with van der Waals surface area (Å²) in [5.41, 5.74) is 1.96. The monoisotopic (exact) mass is 566 g/mol. The van der Waals surface area contributed by atoms with Crippen LogP contribution in [0.3, 0.4) is 0 Å². The molecule has 182 valence electrons. The van der Waals surface area contributed by atoms with E-state index in [0.29, 0.717) is 22.7 Å². The number of rotatable bonds is 7. The summed E-state index contributed by atoms with van der Waals surface area (Å²) in [6.45, 7) is 0.192. The molecule has 4 rings (SSSR count). The lowest BCUT2D eigenvalue weighted by Crippen LogP contribution is -2.54. The quantitative estimate of drug-likeness (QED) is 0.245. The van der Waals surface area contributed by atoms with E-state index in [2.05, 4.69) is 21.2 Å². The summed E-state index contributed by atoms with van der Waals surface area (Å²) >= 11 is 8.58. The normalized spacial score (nSPS) is 14.6. The van der Waals surface area contributed by atoms with Crippen molar-refractivity contribution in [3.63, 3.8) is 0 Å². The lowest BCUT2D eigenvalue weighted by atomic mass is 10.1. The van der Waals surface area contributed by atoms with Crippen LogP contribution in [0.25, 0.3) is 6.08 Å². The molecule has 0 saturated carbocycles. The van der Waals surface area contributed by atoms with Gasteiger partial charge in [0.2, 0.25) is 0 Å². The number of methoxy groups -OCH3 is 1. The number of ether oxygens (including phenoxy) is 2. The predicted octanol–water partition coefficient (Wildman–Crippen LogP) is 4.57. The Bertz CT molecular complexity index is 1390. The Morgan fingerprint density at radius 1 is 1.06 bits per heavy atom. The molecule has 1 saturated heterocycles. The standard InChI is InChI=1S/C26H19BrN2O6S/c1-34-22-13-16(4-11-21(22)35-14-15-2-5-17(6-3-15)25(32)33)12-20-23(30)28-26(36)29(24(20)31)19-9-7-18(27)8-10-19/h2-13H,14H2,1H3,(H,32,33)(H,28,30,36)/b20-12+. The van der Waals surface area contributed by atoms with Gasteiger partial charge in [-0.3, -0.25) is 19.8 Å². The van der Waals surface area contributed by atoms with E-state index in [-0.39, 0.29) is 22.9 Å². The Morgan fingerprint density at radius 2 is 1.75 bits per heavy atom. The minimum absolute atomic E-state index is 0.00203. The average Bonchev–Trinajstić information content (AvgIpc) is 2.86. The van der Waals surface area contributed by atoms with E-state index in [4.69, 9.17) is 26.8 Å². The van der Waals surface area contributed by atoms with Crippen LogP contribution in [0, 0.1) is 0 Å². The Morgan fingerprint density at radius 3 is 2.39 bits per heavy atom. The molecule has 10 heteroatoms. The first-order valence-corrected chi connectivity index (χ1v) is 11.8. The molecule has 8 nitrogen and oxygen atoms in total. The van der Waals surface area contributed by atoms with E-state index in [0.717, 1.165) is 10.0 Å². The summed E-state index contributed by atoms with van der Waals surface area (Å²) < 4.78 is 12.1. The highest BCUT2D eigenvalue weighted by Crippen LogP contribution is 2.31. The van der Waals surface area contributed by atoms with Crippen molar-refractivity contribution >= 4 is 62.8 Å². The van der Waals surface area contributed by atoms with Gasteiger partial charge in [0.25, 0.3) is 11.8 Å². The number of benzene rings is 3. The van der Waals surface area contributed by atoms with Gasteiger partial charge in [-0.25, -0.2) is 4.79 Å². The van der Waals surface area contributed by atoms with Crippen molar-refractivity contribution in [3.05, 3.63) is 93.5 Å². The van der Waals surface area contributed by atoms with Crippen LogP contribution in [0.2, 0.25) is 0 Å². The number of carboxylic acids is 1. The maximum atomic E-state index is 13.2. The van der Waals surface area contributed by atoms with Crippen molar-refractivity contribution in [1.82, 2.24) is 5.32 Å². The largest absolute Gasteiger partial charge is 0.493 e. The van der Waals surface area contributed by atoms with Gasteiger partial charge < -0.3 is 14.6 Å². The second-order valence-corrected chi connectivity index (χ2v) is 8.94. The summed E-state index contributed by atoms with van der Waals surface area (Å²) in [5.74, 6) is -1.30. The molecule has 3 aromatic carbocycles. The van der Waals surface area contributed by atoms with Gasteiger partial charge in [0.05, 0.1) is 18.4 Å². The molecule has 1 heterocycles. The molecule has 1 fully saturated rings. The fourth-order valence-electron chi connectivity index (χ4n) is 3.45. The first-order chi connectivity index (χ1) is 17.3. The number of aromatic carboxylic acids is 1. The average molecular weight is 567 g/mol. The molecule has 0 aliphatic carbocycles. The van der Waals surface area contributed by atoms with Crippen LogP contribution < -0.4 is 19.7 Å². The summed E-state index contributed by atoms with van der Waals surface area (Å²) in [6, 6.07) is 18.3. The zero-order valence-electron chi connectivity index (χ0n) is 18.9. The van der Waals surface area contributed by atoms with Crippen molar-refractivity contribution in [2.45, 2.75) is 6.61 Å². The summed E-state index contributed by atoms with van der Waals surface area (Å²) in [5, 5.41) is 11.6. The molecule has 3 aromatic rings. The SMILES string of the molecule is COc1cc(/C=C2\C(=O)NC(=S)N(c3ccc(Br)cc3)C2=O)ccc1OCc1ccc(C(=O)O)cc1. The Hall–Kier alpha value is -4.02. The zero-order valence-corrected chi connectivity index (χ0v) is 21.3. The van der Waals surface area contributed by atoms with Crippen LogP contribution in [-0.2, 0) is 16.2 Å². The number of carboxylic acid groups (broad SMARTS) is 1. The molecule has 1 aliphatic heterocycles. The Balaban J connectivity index is 1.55. The summed E-state index contributed by atoms with van der Waals surface area (Å²) in [6.07, 6.45) is 1.46. The van der Waals surface area contributed by atoms with Crippen molar-refractivity contribution in [2.75, 3.05) is 12.0 Å². The van der Waals surface area contributed by atoms with Crippen LogP contribution in [0.15, 0.2) is 76.8 Å². The number of nitrogens with one attached hydrogen (secondary N) is 1. The van der Waals surface area contributed by atoms with Gasteiger partial charge in [-0.2, -0.15) is 0 Å². The molecule has 36 heavy (non-hydrogen) atoms. The molecular formula is C26H19BrN2O6S. The van der Waals surface area contributed by atoms with Crippen LogP contribution in [0.4, 0.5) is 5.69 Å². The molecular weight excluding hydrogens is 548 g/mol. The van der Waals surface area contributed by atoms with Crippen LogP contribution in [0.1, 0.15) is 21.5 Å². The summed E-state index contributed by atoms with van der Waals surface area (Å²) in [4.78, 5) is 38.0. The predicted molar refractivity (Wildman–Crippen MR) is 141 cm³/mol. The molecule has 0 aromatic heterocycles. The van der Waals surface area contributed by atoms with Crippen molar-refractivity contribution < 1.29 is 29.0 Å². The zero-order chi connectivity index (χ0) is 25.8. The molecule has 2 amide bonds. The molecule has 0 bridgehead atoms. The first kappa shape index (κ1) is 25.1. The third-order valence-corrected chi connectivity index (χ3v) is 6.09. The number of hydrogen-bond acceptors (Lipinski definition) is 6. The second-order valence-electron chi connectivity index (χ2n) is 7.64. The second kappa shape index (κ2) is 10.7. The number of hydrogen-bond donors (Lipinski definition) is 2. The lowest BCUT2D eigenvalue weighted by molar-refractivity contribution is -0.122. The number of thiocarbonyl (C=S) groups is 1. The maximum absolute atomic E-state index is 13.2. The van der Waals surface area contributed by atoms with E-state index < -0.39 is 17.8 Å². The smallest absolute Gasteiger partial charge is 0.335 e. The van der Waals surface area contributed by atoms with Gasteiger partial charge >= 0.3 is 5.97 Å². The molecule has 0 spiro atoms. The number of anilines is 1. The molecule has 1 aliphatic rings. The molecule has 0 radical (unpaired) electrons. The fourth-order valence-corrected chi connectivity index (χ4v) is 3.99. The number of carbonyl (C=O) groups is 3. The van der Waals surface area contributed by atoms with Gasteiger partial charge in [-0.15, -0.1) is 0 Å². The molecule has 0 unspecified atom stereocenters. The van der Waals surface area contributed by atoms with Gasteiger partial charge in [0.1, 0.15) is 12.2 Å². The number of carbonyl (C=O) groups excluding carboxylic acids is 2. The number of halogens is 1. The Labute approximate surface area is 220 Å². The lowest BCUT2D eigenvalue weighted by Gasteiger charge is -2.29. The number of amides is 2. The van der Waals surface area contributed by atoms with Gasteiger partial charge in [0, 0.05) is 4.47 Å². The van der Waals surface area contributed by atoms with Crippen LogP contribution in [-0.4, -0.2) is 35.1 Å². The Kier molecular flexibility index (Phi) is 7.47. The highest BCUT2D eigenvalue weighted by molar-refractivity contribution is 9.10. The maximum Gasteiger partial charge on any atom is 0.335 e. The third-order valence-electron chi connectivity index (χ3n) is 5.28. The topological polar surface area (TPSA) is 105 Å². The van der Waals surface area contributed by atoms with Crippen molar-refractivity contribution in [2.24, 2.45) is 0 Å². The van der Waals surface area contributed by atoms with Gasteiger partial charge in [0.15, 0.2) is 16.6 Å². The first-order valence-electron chi connectivity index (χ1n) is 10.6. The van der Waals surface area contributed by atoms with E-state index in [1.807, 2.05) is 0 Å². The van der Waals surface area contributed by atoms with Crippen LogP contribution >= 0.6 is 28.1 Å². The van der Waals surface area contributed by atoms with E-state index in [1.54, 1.807) is 54.6 Å². The van der Waals surface area contributed by atoms with Crippen molar-refractivity contribution in [1.29, 1.82) is 0 Å². The van der Waals surface area contributed by atoms with Gasteiger partial charge in [-0.05, 0) is 78.0 Å². The van der Waals surface area contributed by atoms with Crippen molar-refractivity contribution in [3.8, 4) is 11.5 Å². The van der Waals surface area contributed by atoms with Gasteiger partial charge in [-0.1, -0.05) is 34.1 Å². The fraction of sp³-hybridized carbons (Fsp3) is 0.0769.